The fourth-order valence-corrected chi connectivity index (χ4v) is 3.57. The van der Waals surface area contributed by atoms with Gasteiger partial charge in [-0.2, -0.15) is 0 Å². The van der Waals surface area contributed by atoms with Gasteiger partial charge in [-0.3, -0.25) is 14.5 Å². The van der Waals surface area contributed by atoms with E-state index >= 15 is 0 Å². The summed E-state index contributed by atoms with van der Waals surface area (Å²) in [4.78, 5) is 28.3. The molecule has 152 valence electrons. The number of allylic oxidation sites excluding steroid dienone is 2. The second kappa shape index (κ2) is 12.7. The largest absolute Gasteiger partial charge is 0.464 e. The van der Waals surface area contributed by atoms with Gasteiger partial charge in [0.1, 0.15) is 10.9 Å². The van der Waals surface area contributed by atoms with Gasteiger partial charge in [0.2, 0.25) is 0 Å². The summed E-state index contributed by atoms with van der Waals surface area (Å²) in [6, 6.07) is 9.87. The van der Waals surface area contributed by atoms with Crippen molar-refractivity contribution in [2.24, 2.45) is 0 Å². The molecule has 0 bridgehead atoms. The van der Waals surface area contributed by atoms with Crippen LogP contribution in [0.1, 0.15) is 18.4 Å². The first-order valence-electron chi connectivity index (χ1n) is 8.75. The summed E-state index contributed by atoms with van der Waals surface area (Å²) >= 11 is 6.59. The third kappa shape index (κ3) is 8.14. The summed E-state index contributed by atoms with van der Waals surface area (Å²) in [5.74, 6) is -0.354. The van der Waals surface area contributed by atoms with Crippen molar-refractivity contribution in [3.05, 3.63) is 53.0 Å². The van der Waals surface area contributed by atoms with Gasteiger partial charge in [0.25, 0.3) is 5.91 Å². The van der Waals surface area contributed by atoms with Crippen LogP contribution in [0.25, 0.3) is 6.08 Å². The predicted molar refractivity (Wildman–Crippen MR) is 121 cm³/mol. The van der Waals surface area contributed by atoms with Gasteiger partial charge < -0.3 is 9.64 Å². The zero-order valence-electron chi connectivity index (χ0n) is 16.0. The predicted octanol–water partition coefficient (Wildman–Crippen LogP) is 3.75. The van der Waals surface area contributed by atoms with Gasteiger partial charge in [-0.25, -0.2) is 0 Å². The number of halogens is 1. The maximum Gasteiger partial charge on any atom is 0.305 e. The van der Waals surface area contributed by atoms with Crippen LogP contribution >= 0.6 is 36.4 Å². The molecule has 1 aromatic carbocycles. The number of likely N-dealkylation sites (N-methyl/N-ethyl adjacent to an activating group) is 1. The summed E-state index contributed by atoms with van der Waals surface area (Å²) in [7, 11) is 3.84. The number of carbonyl (C=O) groups excluding carboxylic acids is 2. The van der Waals surface area contributed by atoms with E-state index in [1.54, 1.807) is 11.0 Å². The van der Waals surface area contributed by atoms with Gasteiger partial charge in [-0.1, -0.05) is 66.5 Å². The number of esters is 1. The average molecular weight is 441 g/mol. The monoisotopic (exact) mass is 440 g/mol. The van der Waals surface area contributed by atoms with Crippen LogP contribution < -0.4 is 0 Å². The summed E-state index contributed by atoms with van der Waals surface area (Å²) in [5, 5.41) is 0. The molecule has 2 rings (SSSR count). The highest BCUT2D eigenvalue weighted by Crippen LogP contribution is 2.31. The fourth-order valence-electron chi connectivity index (χ4n) is 2.31. The van der Waals surface area contributed by atoms with Crippen molar-refractivity contribution in [1.29, 1.82) is 0 Å². The Morgan fingerprint density at radius 2 is 2.00 bits per heavy atom. The van der Waals surface area contributed by atoms with E-state index < -0.39 is 0 Å². The maximum atomic E-state index is 12.5. The van der Waals surface area contributed by atoms with Crippen LogP contribution in [0.5, 0.6) is 0 Å². The van der Waals surface area contributed by atoms with Crippen molar-refractivity contribution in [1.82, 2.24) is 9.80 Å². The molecule has 0 aliphatic carbocycles. The molecular formula is C20H25ClN2O3S2. The van der Waals surface area contributed by atoms with E-state index in [-0.39, 0.29) is 30.7 Å². The van der Waals surface area contributed by atoms with Gasteiger partial charge in [0.15, 0.2) is 0 Å². The lowest BCUT2D eigenvalue weighted by molar-refractivity contribution is -0.144. The van der Waals surface area contributed by atoms with Gasteiger partial charge in [0.05, 0.1) is 4.91 Å². The molecule has 1 heterocycles. The molecule has 0 spiro atoms. The van der Waals surface area contributed by atoms with Crippen molar-refractivity contribution in [2.45, 2.75) is 12.8 Å². The standard InChI is InChI=1S/C20H24N2O3S2.ClH/c1-21(2)14-15-25-18(23)12-7-13-22-19(24)17(27-20(22)26)11-6-10-16-8-4-3-5-9-16;/h3-6,8-11H,7,12-15H2,1-2H3;1H/b10-6+,17-11-;. The highest BCUT2D eigenvalue weighted by Gasteiger charge is 2.31. The number of ether oxygens (including phenoxy) is 1. The van der Waals surface area contributed by atoms with Crippen LogP contribution in [0, 0.1) is 0 Å². The van der Waals surface area contributed by atoms with E-state index in [4.69, 9.17) is 17.0 Å². The van der Waals surface area contributed by atoms with Crippen molar-refractivity contribution >= 4 is 58.7 Å². The Hall–Kier alpha value is -1.67. The Labute approximate surface area is 182 Å². The molecule has 0 saturated carbocycles. The van der Waals surface area contributed by atoms with E-state index in [1.165, 1.54) is 11.8 Å². The fraction of sp³-hybridized carbons (Fsp3) is 0.350. The molecular weight excluding hydrogens is 416 g/mol. The zero-order chi connectivity index (χ0) is 19.6. The maximum absolute atomic E-state index is 12.5. The lowest BCUT2D eigenvalue weighted by Crippen LogP contribution is -2.29. The molecule has 1 aliphatic heterocycles. The molecule has 28 heavy (non-hydrogen) atoms. The highest BCUT2D eigenvalue weighted by atomic mass is 35.5. The normalized spacial score (nSPS) is 15.5. The molecule has 0 atom stereocenters. The molecule has 5 nitrogen and oxygen atoms in total. The number of thiocarbonyl (C=S) groups is 1. The molecule has 1 fully saturated rings. The molecule has 0 N–H and O–H groups in total. The minimum Gasteiger partial charge on any atom is -0.464 e. The summed E-state index contributed by atoms with van der Waals surface area (Å²) in [5.41, 5.74) is 1.07. The smallest absolute Gasteiger partial charge is 0.305 e. The van der Waals surface area contributed by atoms with Crippen molar-refractivity contribution in [2.75, 3.05) is 33.8 Å². The Morgan fingerprint density at radius 1 is 1.29 bits per heavy atom. The van der Waals surface area contributed by atoms with E-state index in [9.17, 15) is 9.59 Å². The molecule has 1 aliphatic rings. The van der Waals surface area contributed by atoms with E-state index in [0.29, 0.717) is 35.3 Å². The lowest BCUT2D eigenvalue weighted by Gasteiger charge is -2.14. The molecule has 1 aromatic rings. The second-order valence-corrected chi connectivity index (χ2v) is 7.93. The minimum atomic E-state index is -0.247. The first kappa shape index (κ1) is 24.4. The van der Waals surface area contributed by atoms with Crippen LogP contribution in [0.4, 0.5) is 0 Å². The lowest BCUT2D eigenvalue weighted by atomic mass is 10.2. The summed E-state index contributed by atoms with van der Waals surface area (Å²) < 4.78 is 5.67. The SMILES string of the molecule is CN(C)CCOC(=O)CCCN1C(=O)/C(=C/C=C/c2ccccc2)SC1=S.Cl. The van der Waals surface area contributed by atoms with Crippen molar-refractivity contribution in [3.63, 3.8) is 0 Å². The van der Waals surface area contributed by atoms with Gasteiger partial charge in [-0.05, 0) is 32.2 Å². The zero-order valence-corrected chi connectivity index (χ0v) is 18.4. The number of benzene rings is 1. The topological polar surface area (TPSA) is 49.9 Å². The Bertz CT molecular complexity index is 736. The number of hydrogen-bond acceptors (Lipinski definition) is 6. The first-order chi connectivity index (χ1) is 13.0. The number of rotatable bonds is 9. The molecule has 1 amide bonds. The quantitative estimate of drug-likeness (QED) is 0.331. The summed E-state index contributed by atoms with van der Waals surface area (Å²) in [6.07, 6.45) is 6.37. The van der Waals surface area contributed by atoms with Gasteiger partial charge in [-0.15, -0.1) is 12.4 Å². The highest BCUT2D eigenvalue weighted by molar-refractivity contribution is 8.26. The van der Waals surface area contributed by atoms with Crippen LogP contribution in [-0.2, 0) is 14.3 Å². The number of amides is 1. The third-order valence-electron chi connectivity index (χ3n) is 3.77. The second-order valence-electron chi connectivity index (χ2n) is 6.25. The minimum absolute atomic E-state index is 0. The number of thioether (sulfide) groups is 1. The number of nitrogens with zero attached hydrogens (tertiary/aromatic N) is 2. The van der Waals surface area contributed by atoms with Crippen molar-refractivity contribution in [3.8, 4) is 0 Å². The third-order valence-corrected chi connectivity index (χ3v) is 5.17. The van der Waals surface area contributed by atoms with Crippen molar-refractivity contribution < 1.29 is 14.3 Å². The molecule has 1 saturated heterocycles. The van der Waals surface area contributed by atoms with Crippen LogP contribution in [0.3, 0.4) is 0 Å². The molecule has 0 radical (unpaired) electrons. The Balaban J connectivity index is 0.00000392. The van der Waals surface area contributed by atoms with Crippen LogP contribution in [-0.4, -0.2) is 59.8 Å². The molecule has 8 heteroatoms. The van der Waals surface area contributed by atoms with Crippen LogP contribution in [0.2, 0.25) is 0 Å². The van der Waals surface area contributed by atoms with Gasteiger partial charge >= 0.3 is 5.97 Å². The van der Waals surface area contributed by atoms with E-state index in [1.807, 2.05) is 61.5 Å². The Kier molecular flexibility index (Phi) is 11.1. The van der Waals surface area contributed by atoms with E-state index in [2.05, 4.69) is 0 Å². The number of hydrogen-bond donors (Lipinski definition) is 0. The van der Waals surface area contributed by atoms with E-state index in [0.717, 1.165) is 5.56 Å². The van der Waals surface area contributed by atoms with Gasteiger partial charge in [0, 0.05) is 19.5 Å². The first-order valence-corrected chi connectivity index (χ1v) is 9.97. The van der Waals surface area contributed by atoms with Crippen LogP contribution in [0.15, 0.2) is 47.4 Å². The number of carbonyl (C=O) groups is 2. The molecule has 0 aromatic heterocycles. The Morgan fingerprint density at radius 3 is 2.68 bits per heavy atom. The average Bonchev–Trinajstić information content (AvgIpc) is 2.90. The molecule has 0 unspecified atom stereocenters. The summed E-state index contributed by atoms with van der Waals surface area (Å²) in [6.45, 7) is 1.50.